The maximum Gasteiger partial charge on any atom is 0.433 e. The van der Waals surface area contributed by atoms with E-state index in [0.29, 0.717) is 10.7 Å². The lowest BCUT2D eigenvalue weighted by atomic mass is 10.3. The first-order chi connectivity index (χ1) is 11.2. The molecule has 0 aliphatic carbocycles. The second-order valence-electron chi connectivity index (χ2n) is 4.94. The van der Waals surface area contributed by atoms with Crippen molar-refractivity contribution >= 4 is 40.7 Å². The zero-order valence-corrected chi connectivity index (χ0v) is 13.8. The van der Waals surface area contributed by atoms with Crippen LogP contribution < -0.4 is 10.6 Å². The van der Waals surface area contributed by atoms with Crippen molar-refractivity contribution in [3.8, 4) is 0 Å². The van der Waals surface area contributed by atoms with Crippen molar-refractivity contribution in [2.75, 3.05) is 17.2 Å². The van der Waals surface area contributed by atoms with Crippen LogP contribution in [0.2, 0.25) is 10.0 Å². The normalized spacial score (nSPS) is 12.8. The van der Waals surface area contributed by atoms with Gasteiger partial charge < -0.3 is 15.7 Å². The lowest BCUT2D eigenvalue weighted by Gasteiger charge is -2.15. The summed E-state index contributed by atoms with van der Waals surface area (Å²) in [6, 6.07) is 4.78. The van der Waals surface area contributed by atoms with Crippen molar-refractivity contribution in [3.63, 3.8) is 0 Å². The highest BCUT2D eigenvalue weighted by molar-refractivity contribution is 6.42. The summed E-state index contributed by atoms with van der Waals surface area (Å²) in [5, 5.41) is 14.9. The minimum atomic E-state index is -4.64. The number of rotatable bonds is 5. The quantitative estimate of drug-likeness (QED) is 0.719. The van der Waals surface area contributed by atoms with Gasteiger partial charge in [-0.25, -0.2) is 4.98 Å². The maximum atomic E-state index is 13.0. The Morgan fingerprint density at radius 1 is 1.17 bits per heavy atom. The van der Waals surface area contributed by atoms with E-state index in [0.717, 1.165) is 6.07 Å². The van der Waals surface area contributed by atoms with E-state index < -0.39 is 17.9 Å². The summed E-state index contributed by atoms with van der Waals surface area (Å²) in [5.74, 6) is -0.336. The van der Waals surface area contributed by atoms with Crippen LogP contribution in [0.1, 0.15) is 12.6 Å². The van der Waals surface area contributed by atoms with E-state index in [2.05, 4.69) is 20.6 Å². The molecule has 2 rings (SSSR count). The van der Waals surface area contributed by atoms with Crippen LogP contribution in [0, 0.1) is 0 Å². The van der Waals surface area contributed by atoms with Gasteiger partial charge in [0.2, 0.25) is 5.95 Å². The Hall–Kier alpha value is -1.77. The first-order valence-corrected chi connectivity index (χ1v) is 7.50. The Kier molecular flexibility index (Phi) is 5.74. The Bertz CT molecular complexity index is 728. The summed E-state index contributed by atoms with van der Waals surface area (Å²) >= 11 is 11.7. The monoisotopic (exact) mass is 380 g/mol. The molecule has 24 heavy (non-hydrogen) atoms. The molecule has 0 saturated carbocycles. The Morgan fingerprint density at radius 3 is 2.46 bits per heavy atom. The second kappa shape index (κ2) is 7.42. The van der Waals surface area contributed by atoms with Crippen LogP contribution in [-0.4, -0.2) is 27.7 Å². The summed E-state index contributed by atoms with van der Waals surface area (Å²) in [6.45, 7) is 1.30. The number of aliphatic hydroxyl groups is 1. The highest BCUT2D eigenvalue weighted by Gasteiger charge is 2.34. The van der Waals surface area contributed by atoms with Crippen LogP contribution in [0.15, 0.2) is 24.3 Å². The molecule has 5 nitrogen and oxygen atoms in total. The van der Waals surface area contributed by atoms with Crippen molar-refractivity contribution < 1.29 is 18.3 Å². The number of nitrogens with one attached hydrogen (secondary N) is 2. The van der Waals surface area contributed by atoms with Crippen LogP contribution >= 0.6 is 23.2 Å². The molecule has 0 aliphatic heterocycles. The van der Waals surface area contributed by atoms with Crippen molar-refractivity contribution in [1.82, 2.24) is 9.97 Å². The van der Waals surface area contributed by atoms with Gasteiger partial charge in [-0.2, -0.15) is 18.2 Å². The molecule has 0 bridgehead atoms. The molecule has 0 unspecified atom stereocenters. The van der Waals surface area contributed by atoms with E-state index in [1.165, 1.54) is 12.1 Å². The first kappa shape index (κ1) is 18.6. The fraction of sp³-hybridized carbons (Fsp3) is 0.286. The molecule has 2 aromatic rings. The summed E-state index contributed by atoms with van der Waals surface area (Å²) in [4.78, 5) is 7.38. The average molecular weight is 381 g/mol. The molecule has 0 aliphatic rings. The molecular weight excluding hydrogens is 368 g/mol. The van der Waals surface area contributed by atoms with Crippen LogP contribution in [0.5, 0.6) is 0 Å². The predicted molar refractivity (Wildman–Crippen MR) is 86.9 cm³/mol. The first-order valence-electron chi connectivity index (χ1n) is 6.75. The van der Waals surface area contributed by atoms with Crippen molar-refractivity contribution in [3.05, 3.63) is 40.0 Å². The highest BCUT2D eigenvalue weighted by atomic mass is 35.5. The molecule has 130 valence electrons. The van der Waals surface area contributed by atoms with Crippen molar-refractivity contribution in [2.24, 2.45) is 0 Å². The van der Waals surface area contributed by atoms with Gasteiger partial charge in [0.15, 0.2) is 5.69 Å². The van der Waals surface area contributed by atoms with Gasteiger partial charge in [-0.15, -0.1) is 0 Å². The Morgan fingerprint density at radius 2 is 1.88 bits per heavy atom. The molecule has 10 heteroatoms. The van der Waals surface area contributed by atoms with E-state index in [9.17, 15) is 13.2 Å². The zero-order valence-electron chi connectivity index (χ0n) is 12.3. The summed E-state index contributed by atoms with van der Waals surface area (Å²) in [5.41, 5.74) is -0.704. The van der Waals surface area contributed by atoms with Gasteiger partial charge in [0.05, 0.1) is 16.7 Å². The maximum absolute atomic E-state index is 13.0. The summed E-state index contributed by atoms with van der Waals surface area (Å²) in [6.07, 6.45) is -4.64. The van der Waals surface area contributed by atoms with Crippen molar-refractivity contribution in [1.29, 1.82) is 0 Å². The lowest BCUT2D eigenvalue weighted by molar-refractivity contribution is -0.141. The summed E-state index contributed by atoms with van der Waals surface area (Å²) < 4.78 is 39.0. The third-order valence-corrected chi connectivity index (χ3v) is 3.60. The molecule has 1 heterocycles. The number of benzene rings is 1. The minimum absolute atomic E-state index is 0.0802. The SMILES string of the molecule is C[C@H](CO)Nc1nc(Nc2ccc(Cl)c(Cl)c2)cc(C(F)(F)F)n1. The molecular formula is C14H13Cl2F3N4O. The van der Waals surface area contributed by atoms with E-state index in [4.69, 9.17) is 28.3 Å². The molecule has 1 aromatic carbocycles. The molecule has 0 amide bonds. The Balaban J connectivity index is 2.36. The van der Waals surface area contributed by atoms with Crippen molar-refractivity contribution in [2.45, 2.75) is 19.1 Å². The molecule has 0 spiro atoms. The number of nitrogens with zero attached hydrogens (tertiary/aromatic N) is 2. The van der Waals surface area contributed by atoms with E-state index in [-0.39, 0.29) is 23.4 Å². The minimum Gasteiger partial charge on any atom is -0.394 e. The molecule has 0 fully saturated rings. The number of anilines is 3. The number of halogens is 5. The third kappa shape index (κ3) is 4.86. The van der Waals surface area contributed by atoms with Crippen LogP contribution in [0.3, 0.4) is 0 Å². The predicted octanol–water partition coefficient (Wildman–Crippen LogP) is 4.34. The lowest BCUT2D eigenvalue weighted by Crippen LogP contribution is -2.22. The molecule has 1 atom stereocenters. The average Bonchev–Trinajstić information content (AvgIpc) is 2.49. The van der Waals surface area contributed by atoms with E-state index in [1.54, 1.807) is 13.0 Å². The van der Waals surface area contributed by atoms with Crippen LogP contribution in [-0.2, 0) is 6.18 Å². The number of hydrogen-bond donors (Lipinski definition) is 3. The van der Waals surface area contributed by atoms with Gasteiger partial charge >= 0.3 is 6.18 Å². The van der Waals surface area contributed by atoms with Gasteiger partial charge in [0, 0.05) is 17.8 Å². The third-order valence-electron chi connectivity index (χ3n) is 2.86. The van der Waals surface area contributed by atoms with Crippen LogP contribution in [0.25, 0.3) is 0 Å². The topological polar surface area (TPSA) is 70.1 Å². The van der Waals surface area contributed by atoms with Gasteiger partial charge in [-0.05, 0) is 25.1 Å². The molecule has 1 aromatic heterocycles. The van der Waals surface area contributed by atoms with Gasteiger partial charge in [0.1, 0.15) is 5.82 Å². The largest absolute Gasteiger partial charge is 0.433 e. The number of alkyl halides is 3. The fourth-order valence-corrected chi connectivity index (χ4v) is 2.01. The van der Waals surface area contributed by atoms with Gasteiger partial charge in [0.25, 0.3) is 0 Å². The van der Waals surface area contributed by atoms with E-state index >= 15 is 0 Å². The fourth-order valence-electron chi connectivity index (χ4n) is 1.71. The number of hydrogen-bond acceptors (Lipinski definition) is 5. The van der Waals surface area contributed by atoms with Crippen LogP contribution in [0.4, 0.5) is 30.6 Å². The zero-order chi connectivity index (χ0) is 17.9. The number of aromatic nitrogens is 2. The summed E-state index contributed by atoms with van der Waals surface area (Å²) in [7, 11) is 0. The second-order valence-corrected chi connectivity index (χ2v) is 5.76. The van der Waals surface area contributed by atoms with E-state index in [1.807, 2.05) is 0 Å². The standard InChI is InChI=1S/C14H13Cl2F3N4O/c1-7(6-24)20-13-22-11(14(17,18)19)5-12(23-13)21-8-2-3-9(15)10(16)4-8/h2-5,7,24H,6H2,1H3,(H2,20,21,22,23)/t7-/m1/s1. The van der Waals surface area contributed by atoms with Gasteiger partial charge in [-0.1, -0.05) is 23.2 Å². The molecule has 0 radical (unpaired) electrons. The molecule has 3 N–H and O–H groups in total. The number of aliphatic hydroxyl groups excluding tert-OH is 1. The smallest absolute Gasteiger partial charge is 0.394 e. The highest BCUT2D eigenvalue weighted by Crippen LogP contribution is 2.31. The van der Waals surface area contributed by atoms with Gasteiger partial charge in [-0.3, -0.25) is 0 Å². The Labute approximate surface area is 145 Å². The molecule has 0 saturated heterocycles.